The Morgan fingerprint density at radius 3 is 2.54 bits per heavy atom. The summed E-state index contributed by atoms with van der Waals surface area (Å²) in [6.45, 7) is 6.10. The summed E-state index contributed by atoms with van der Waals surface area (Å²) >= 11 is 0. The summed E-state index contributed by atoms with van der Waals surface area (Å²) in [6, 6.07) is 13.7. The summed E-state index contributed by atoms with van der Waals surface area (Å²) < 4.78 is 0. The summed E-state index contributed by atoms with van der Waals surface area (Å²) in [6.07, 6.45) is 0. The van der Waals surface area contributed by atoms with Crippen LogP contribution in [0.1, 0.15) is 16.2 Å². The second-order valence-electron chi connectivity index (χ2n) is 6.82. The third kappa shape index (κ3) is 3.28. The molecule has 2 N–H and O–H groups in total. The second-order valence-corrected chi connectivity index (χ2v) is 6.82. The fourth-order valence-electron chi connectivity index (χ4n) is 3.36. The standard InChI is InChI=1S/C20H23N5O/c1-14-21-18-5-3-4-17(19(18)22-14)20(26)23-15-6-8-16(9-7-15)25-12-10-24(2)11-13-25/h3-9H,10-13H2,1-2H3,(H,21,22)(H,23,26). The monoisotopic (exact) mass is 349 g/mol. The Labute approximate surface area is 152 Å². The highest BCUT2D eigenvalue weighted by atomic mass is 16.1. The number of H-pyrrole nitrogens is 1. The van der Waals surface area contributed by atoms with Crippen LogP contribution in [-0.2, 0) is 0 Å². The molecular formula is C20H23N5O. The fraction of sp³-hybridized carbons (Fsp3) is 0.300. The van der Waals surface area contributed by atoms with Crippen LogP contribution in [0.15, 0.2) is 42.5 Å². The van der Waals surface area contributed by atoms with Gasteiger partial charge in [0, 0.05) is 37.6 Å². The summed E-state index contributed by atoms with van der Waals surface area (Å²) in [5.41, 5.74) is 4.14. The minimum absolute atomic E-state index is 0.144. The SMILES string of the molecule is Cc1nc2c(C(=O)Nc3ccc(N4CCN(C)CC4)cc3)cccc2[nH]1. The number of imidazole rings is 1. The molecule has 1 aromatic heterocycles. The third-order valence-corrected chi connectivity index (χ3v) is 4.87. The number of carbonyl (C=O) groups is 1. The number of piperazine rings is 1. The van der Waals surface area contributed by atoms with Gasteiger partial charge in [-0.2, -0.15) is 0 Å². The number of hydrogen-bond donors (Lipinski definition) is 2. The maximum Gasteiger partial charge on any atom is 0.257 e. The molecular weight excluding hydrogens is 326 g/mol. The summed E-state index contributed by atoms with van der Waals surface area (Å²) in [5, 5.41) is 2.98. The predicted molar refractivity (Wildman–Crippen MR) is 105 cm³/mol. The molecule has 1 fully saturated rings. The quantitative estimate of drug-likeness (QED) is 0.763. The van der Waals surface area contributed by atoms with E-state index in [1.54, 1.807) is 6.07 Å². The second kappa shape index (κ2) is 6.80. The first-order chi connectivity index (χ1) is 12.6. The number of para-hydroxylation sites is 1. The molecule has 1 saturated heterocycles. The number of fused-ring (bicyclic) bond motifs is 1. The average Bonchev–Trinajstić information content (AvgIpc) is 3.03. The molecule has 0 bridgehead atoms. The number of nitrogens with one attached hydrogen (secondary N) is 2. The van der Waals surface area contributed by atoms with E-state index in [1.807, 2.05) is 31.2 Å². The van der Waals surface area contributed by atoms with Gasteiger partial charge < -0.3 is 20.1 Å². The number of nitrogens with zero attached hydrogens (tertiary/aromatic N) is 3. The zero-order valence-corrected chi connectivity index (χ0v) is 15.1. The Balaban J connectivity index is 1.49. The van der Waals surface area contributed by atoms with Gasteiger partial charge in [0.25, 0.3) is 5.91 Å². The van der Waals surface area contributed by atoms with Crippen molar-refractivity contribution in [1.82, 2.24) is 14.9 Å². The van der Waals surface area contributed by atoms with Crippen molar-refractivity contribution in [3.05, 3.63) is 53.9 Å². The van der Waals surface area contributed by atoms with Crippen molar-refractivity contribution in [2.45, 2.75) is 6.92 Å². The molecule has 1 aliphatic rings. The number of carbonyl (C=O) groups excluding carboxylic acids is 1. The number of amides is 1. The Hall–Kier alpha value is -2.86. The molecule has 1 amide bonds. The van der Waals surface area contributed by atoms with Gasteiger partial charge in [0.15, 0.2) is 0 Å². The van der Waals surface area contributed by atoms with Gasteiger partial charge in [0.2, 0.25) is 0 Å². The molecule has 1 aliphatic heterocycles. The molecule has 2 aromatic carbocycles. The van der Waals surface area contributed by atoms with Crippen molar-refractivity contribution in [2.24, 2.45) is 0 Å². The highest BCUT2D eigenvalue weighted by Crippen LogP contribution is 2.21. The molecule has 4 rings (SSSR count). The molecule has 0 aliphatic carbocycles. The lowest BCUT2D eigenvalue weighted by Crippen LogP contribution is -2.44. The van der Waals surface area contributed by atoms with Gasteiger partial charge in [-0.1, -0.05) is 6.07 Å². The molecule has 2 heterocycles. The van der Waals surface area contributed by atoms with Gasteiger partial charge in [-0.25, -0.2) is 4.98 Å². The molecule has 0 radical (unpaired) electrons. The van der Waals surface area contributed by atoms with E-state index in [4.69, 9.17) is 0 Å². The van der Waals surface area contributed by atoms with E-state index in [9.17, 15) is 4.79 Å². The van der Waals surface area contributed by atoms with Crippen LogP contribution in [-0.4, -0.2) is 54.0 Å². The number of rotatable bonds is 3. The number of likely N-dealkylation sites (N-methyl/N-ethyl adjacent to an activating group) is 1. The van der Waals surface area contributed by atoms with Crippen molar-refractivity contribution in [3.63, 3.8) is 0 Å². The van der Waals surface area contributed by atoms with Crippen LogP contribution in [0.4, 0.5) is 11.4 Å². The van der Waals surface area contributed by atoms with E-state index < -0.39 is 0 Å². The summed E-state index contributed by atoms with van der Waals surface area (Å²) in [7, 11) is 2.15. The molecule has 6 heteroatoms. The molecule has 6 nitrogen and oxygen atoms in total. The smallest absolute Gasteiger partial charge is 0.257 e. The van der Waals surface area contributed by atoms with E-state index in [-0.39, 0.29) is 5.91 Å². The van der Waals surface area contributed by atoms with Crippen LogP contribution in [0.3, 0.4) is 0 Å². The summed E-state index contributed by atoms with van der Waals surface area (Å²) in [4.78, 5) is 25.0. The van der Waals surface area contributed by atoms with Gasteiger partial charge in [-0.3, -0.25) is 4.79 Å². The minimum Gasteiger partial charge on any atom is -0.369 e. The third-order valence-electron chi connectivity index (χ3n) is 4.87. The van der Waals surface area contributed by atoms with Crippen molar-refractivity contribution in [1.29, 1.82) is 0 Å². The molecule has 26 heavy (non-hydrogen) atoms. The van der Waals surface area contributed by atoms with Gasteiger partial charge in [0.05, 0.1) is 11.1 Å². The molecule has 0 saturated carbocycles. The number of aromatic nitrogens is 2. The normalized spacial score (nSPS) is 15.4. The van der Waals surface area contributed by atoms with Crippen LogP contribution >= 0.6 is 0 Å². The van der Waals surface area contributed by atoms with Crippen molar-refractivity contribution < 1.29 is 4.79 Å². The number of hydrogen-bond acceptors (Lipinski definition) is 4. The molecule has 0 atom stereocenters. The number of anilines is 2. The molecule has 3 aromatic rings. The lowest BCUT2D eigenvalue weighted by Gasteiger charge is -2.34. The van der Waals surface area contributed by atoms with E-state index in [0.717, 1.165) is 43.2 Å². The first-order valence-electron chi connectivity index (χ1n) is 8.90. The summed E-state index contributed by atoms with van der Waals surface area (Å²) in [5.74, 6) is 0.659. The Morgan fingerprint density at radius 1 is 1.08 bits per heavy atom. The number of benzene rings is 2. The molecule has 0 spiro atoms. The van der Waals surface area contributed by atoms with Crippen LogP contribution < -0.4 is 10.2 Å². The Kier molecular flexibility index (Phi) is 4.34. The predicted octanol–water partition coefficient (Wildman–Crippen LogP) is 2.88. The lowest BCUT2D eigenvalue weighted by molar-refractivity contribution is 0.102. The highest BCUT2D eigenvalue weighted by molar-refractivity contribution is 6.11. The van der Waals surface area contributed by atoms with Gasteiger partial charge in [-0.15, -0.1) is 0 Å². The number of aryl methyl sites for hydroxylation is 1. The highest BCUT2D eigenvalue weighted by Gasteiger charge is 2.15. The van der Waals surface area contributed by atoms with E-state index >= 15 is 0 Å². The van der Waals surface area contributed by atoms with Gasteiger partial charge in [0.1, 0.15) is 11.3 Å². The lowest BCUT2D eigenvalue weighted by atomic mass is 10.1. The number of aromatic amines is 1. The van der Waals surface area contributed by atoms with Crippen molar-refractivity contribution >= 4 is 28.3 Å². The maximum atomic E-state index is 12.7. The maximum absolute atomic E-state index is 12.7. The van der Waals surface area contributed by atoms with Crippen LogP contribution in [0.5, 0.6) is 0 Å². The van der Waals surface area contributed by atoms with Crippen molar-refractivity contribution in [3.8, 4) is 0 Å². The topological polar surface area (TPSA) is 64.3 Å². The average molecular weight is 349 g/mol. The minimum atomic E-state index is -0.144. The van der Waals surface area contributed by atoms with E-state index in [0.29, 0.717) is 11.1 Å². The van der Waals surface area contributed by atoms with E-state index in [2.05, 4.69) is 44.3 Å². The zero-order chi connectivity index (χ0) is 18.1. The first kappa shape index (κ1) is 16.6. The van der Waals surface area contributed by atoms with Crippen molar-refractivity contribution in [2.75, 3.05) is 43.4 Å². The van der Waals surface area contributed by atoms with Gasteiger partial charge >= 0.3 is 0 Å². The largest absolute Gasteiger partial charge is 0.369 e. The van der Waals surface area contributed by atoms with Crippen LogP contribution in [0.25, 0.3) is 11.0 Å². The van der Waals surface area contributed by atoms with Crippen LogP contribution in [0, 0.1) is 6.92 Å². The molecule has 134 valence electrons. The van der Waals surface area contributed by atoms with Gasteiger partial charge in [-0.05, 0) is 50.4 Å². The van der Waals surface area contributed by atoms with E-state index in [1.165, 1.54) is 5.69 Å². The Bertz CT molecular complexity index is 923. The molecule has 0 unspecified atom stereocenters. The van der Waals surface area contributed by atoms with Crippen LogP contribution in [0.2, 0.25) is 0 Å². The zero-order valence-electron chi connectivity index (χ0n) is 15.1. The fourth-order valence-corrected chi connectivity index (χ4v) is 3.36. The first-order valence-corrected chi connectivity index (χ1v) is 8.90. The Morgan fingerprint density at radius 2 is 1.81 bits per heavy atom.